The second-order valence-electron chi connectivity index (χ2n) is 4.17. The fourth-order valence-corrected chi connectivity index (χ4v) is 3.06. The first-order chi connectivity index (χ1) is 7.62. The Morgan fingerprint density at radius 1 is 1.41 bits per heavy atom. The zero-order chi connectivity index (χ0) is 13.3. The third kappa shape index (κ3) is 4.41. The molecule has 17 heavy (non-hydrogen) atoms. The van der Waals surface area contributed by atoms with Crippen molar-refractivity contribution in [3.05, 3.63) is 0 Å². The molecule has 0 aromatic heterocycles. The lowest BCUT2D eigenvalue weighted by Crippen LogP contribution is -2.59. The topological polar surface area (TPSA) is 61.4 Å². The van der Waals surface area contributed by atoms with Gasteiger partial charge in [-0.3, -0.25) is 0 Å². The van der Waals surface area contributed by atoms with Crippen molar-refractivity contribution in [3.63, 3.8) is 0 Å². The third-order valence-electron chi connectivity index (χ3n) is 2.47. The number of piperazine rings is 1. The molecule has 0 radical (unpaired) electrons. The van der Waals surface area contributed by atoms with E-state index in [4.69, 9.17) is 0 Å². The van der Waals surface area contributed by atoms with Crippen molar-refractivity contribution >= 4 is 10.2 Å². The first kappa shape index (κ1) is 14.7. The molecule has 0 aliphatic carbocycles. The average molecular weight is 275 g/mol. The molecule has 102 valence electrons. The van der Waals surface area contributed by atoms with Gasteiger partial charge in [-0.2, -0.15) is 30.6 Å². The largest absolute Gasteiger partial charge is 0.402 e. The van der Waals surface area contributed by atoms with Gasteiger partial charge in [0.25, 0.3) is 10.2 Å². The van der Waals surface area contributed by atoms with Gasteiger partial charge < -0.3 is 5.32 Å². The number of hydrogen-bond acceptors (Lipinski definition) is 3. The summed E-state index contributed by atoms with van der Waals surface area (Å²) in [6, 6.07) is -0.439. The van der Waals surface area contributed by atoms with Crippen molar-refractivity contribution in [2.75, 3.05) is 19.6 Å². The fraction of sp³-hybridized carbons (Fsp3) is 1.00. The maximum absolute atomic E-state index is 12.0. The molecule has 1 fully saturated rings. The van der Waals surface area contributed by atoms with Crippen molar-refractivity contribution in [2.24, 2.45) is 0 Å². The molecule has 0 bridgehead atoms. The van der Waals surface area contributed by atoms with Gasteiger partial charge in [0.2, 0.25) is 0 Å². The van der Waals surface area contributed by atoms with Gasteiger partial charge in [-0.1, -0.05) is 0 Å². The maximum atomic E-state index is 12.0. The van der Waals surface area contributed by atoms with E-state index in [2.05, 4.69) is 5.32 Å². The van der Waals surface area contributed by atoms with E-state index < -0.39 is 22.9 Å². The van der Waals surface area contributed by atoms with E-state index in [0.717, 1.165) is 4.31 Å². The summed E-state index contributed by atoms with van der Waals surface area (Å²) in [7, 11) is -4.08. The van der Waals surface area contributed by atoms with Crippen LogP contribution in [0.5, 0.6) is 0 Å². The van der Waals surface area contributed by atoms with Crippen LogP contribution in [0.3, 0.4) is 0 Å². The van der Waals surface area contributed by atoms with Crippen LogP contribution in [-0.2, 0) is 10.2 Å². The van der Waals surface area contributed by atoms with Crippen LogP contribution in [-0.4, -0.2) is 50.6 Å². The molecule has 1 aliphatic heterocycles. The second-order valence-corrected chi connectivity index (χ2v) is 5.88. The molecule has 2 N–H and O–H groups in total. The monoisotopic (exact) mass is 275 g/mol. The van der Waals surface area contributed by atoms with Crippen molar-refractivity contribution in [2.45, 2.75) is 32.1 Å². The number of hydrogen-bond donors (Lipinski definition) is 2. The van der Waals surface area contributed by atoms with E-state index in [-0.39, 0.29) is 18.6 Å². The lowest BCUT2D eigenvalue weighted by atomic mass is 10.2. The number of halogens is 3. The molecule has 1 heterocycles. The van der Waals surface area contributed by atoms with Crippen molar-refractivity contribution in [3.8, 4) is 0 Å². The van der Waals surface area contributed by atoms with Crippen LogP contribution in [0, 0.1) is 0 Å². The summed E-state index contributed by atoms with van der Waals surface area (Å²) < 4.78 is 61.9. The molecule has 0 aromatic rings. The Morgan fingerprint density at radius 3 is 2.53 bits per heavy atom. The molecule has 0 amide bonds. The predicted molar refractivity (Wildman–Crippen MR) is 56.6 cm³/mol. The van der Waals surface area contributed by atoms with Gasteiger partial charge in [-0.15, -0.1) is 0 Å². The van der Waals surface area contributed by atoms with Crippen LogP contribution in [0.15, 0.2) is 0 Å². The van der Waals surface area contributed by atoms with Crippen molar-refractivity contribution < 1.29 is 21.6 Å². The van der Waals surface area contributed by atoms with Crippen molar-refractivity contribution in [1.29, 1.82) is 0 Å². The highest BCUT2D eigenvalue weighted by molar-refractivity contribution is 7.87. The smallest absolute Gasteiger partial charge is 0.311 e. The second kappa shape index (κ2) is 5.09. The lowest BCUT2D eigenvalue weighted by molar-refractivity contribution is -0.121. The summed E-state index contributed by atoms with van der Waals surface area (Å²) in [5, 5.41) is 3.05. The van der Waals surface area contributed by atoms with Gasteiger partial charge in [-0.05, 0) is 13.8 Å². The lowest BCUT2D eigenvalue weighted by Gasteiger charge is -2.36. The van der Waals surface area contributed by atoms with Crippen molar-refractivity contribution in [1.82, 2.24) is 14.3 Å². The zero-order valence-electron chi connectivity index (χ0n) is 9.58. The Kier molecular flexibility index (Phi) is 4.39. The van der Waals surface area contributed by atoms with Crippen LogP contribution in [0.4, 0.5) is 13.2 Å². The molecule has 0 spiro atoms. The van der Waals surface area contributed by atoms with E-state index in [0.29, 0.717) is 6.54 Å². The van der Waals surface area contributed by atoms with E-state index >= 15 is 0 Å². The highest BCUT2D eigenvalue weighted by Gasteiger charge is 2.35. The van der Waals surface area contributed by atoms with Crippen LogP contribution in [0.1, 0.15) is 13.8 Å². The van der Waals surface area contributed by atoms with Gasteiger partial charge in [0.1, 0.15) is 6.54 Å². The summed E-state index contributed by atoms with van der Waals surface area (Å²) >= 11 is 0. The predicted octanol–water partition coefficient (Wildman–Crippen LogP) is 0.0653. The third-order valence-corrected chi connectivity index (χ3v) is 4.11. The van der Waals surface area contributed by atoms with E-state index in [9.17, 15) is 21.6 Å². The van der Waals surface area contributed by atoms with Gasteiger partial charge in [0.05, 0.1) is 0 Å². The van der Waals surface area contributed by atoms with Gasteiger partial charge >= 0.3 is 6.18 Å². The first-order valence-electron chi connectivity index (χ1n) is 5.18. The van der Waals surface area contributed by atoms with Gasteiger partial charge in [-0.25, -0.2) is 0 Å². The summed E-state index contributed by atoms with van der Waals surface area (Å²) in [5.74, 6) is 0. The first-order valence-corrected chi connectivity index (χ1v) is 6.62. The molecule has 5 nitrogen and oxygen atoms in total. The van der Waals surface area contributed by atoms with Gasteiger partial charge in [0, 0.05) is 25.2 Å². The van der Waals surface area contributed by atoms with Crippen LogP contribution >= 0.6 is 0 Å². The minimum absolute atomic E-state index is 0.0753. The summed E-state index contributed by atoms with van der Waals surface area (Å²) in [5.41, 5.74) is 0. The zero-order valence-corrected chi connectivity index (χ0v) is 10.4. The Bertz CT molecular complexity index is 358. The Labute approximate surface area is 98.5 Å². The Balaban J connectivity index is 2.68. The molecule has 0 saturated carbocycles. The van der Waals surface area contributed by atoms with Crippen LogP contribution < -0.4 is 10.0 Å². The molecule has 0 aromatic carbocycles. The Hall–Kier alpha value is -0.380. The normalized spacial score (nSPS) is 28.3. The quantitative estimate of drug-likeness (QED) is 0.766. The average Bonchev–Trinajstić information content (AvgIpc) is 2.18. The molecule has 1 aliphatic rings. The SMILES string of the molecule is CC1CN(S(=O)(=O)NCC(F)(F)F)C(C)CN1. The van der Waals surface area contributed by atoms with E-state index in [1.165, 1.54) is 0 Å². The minimum Gasteiger partial charge on any atom is -0.311 e. The number of nitrogens with one attached hydrogen (secondary N) is 2. The molecular weight excluding hydrogens is 259 g/mol. The van der Waals surface area contributed by atoms with Gasteiger partial charge in [0.15, 0.2) is 0 Å². The molecule has 1 rings (SSSR count). The molecule has 2 atom stereocenters. The molecule has 2 unspecified atom stereocenters. The highest BCUT2D eigenvalue weighted by Crippen LogP contribution is 2.15. The number of alkyl halides is 3. The van der Waals surface area contributed by atoms with Crippen LogP contribution in [0.2, 0.25) is 0 Å². The standard InChI is InChI=1S/C8H16F3N3O2S/c1-6-4-14(7(2)3-12-6)17(15,16)13-5-8(9,10)11/h6-7,12-13H,3-5H2,1-2H3. The molecule has 1 saturated heterocycles. The number of rotatable bonds is 3. The molecular formula is C8H16F3N3O2S. The minimum atomic E-state index is -4.55. The molecule has 9 heteroatoms. The summed E-state index contributed by atoms with van der Waals surface area (Å²) in [6.45, 7) is 2.46. The maximum Gasteiger partial charge on any atom is 0.402 e. The Morgan fingerprint density at radius 2 is 2.00 bits per heavy atom. The van der Waals surface area contributed by atoms with E-state index in [1.807, 2.05) is 0 Å². The fourth-order valence-electron chi connectivity index (χ4n) is 1.58. The van der Waals surface area contributed by atoms with E-state index in [1.54, 1.807) is 18.6 Å². The van der Waals surface area contributed by atoms with Crippen LogP contribution in [0.25, 0.3) is 0 Å². The summed E-state index contributed by atoms with van der Waals surface area (Å²) in [6.07, 6.45) is -4.55. The number of nitrogens with zero attached hydrogens (tertiary/aromatic N) is 1. The highest BCUT2D eigenvalue weighted by atomic mass is 32.2. The summed E-state index contributed by atoms with van der Waals surface area (Å²) in [4.78, 5) is 0.